The number of likely N-dealkylation sites (tertiary alicyclic amines) is 1. The third kappa shape index (κ3) is 2.87. The number of likely N-dealkylation sites (N-methyl/N-ethyl adjacent to an activating group) is 1. The van der Waals surface area contributed by atoms with Gasteiger partial charge in [-0.1, -0.05) is 12.8 Å². The molecule has 3 heterocycles. The van der Waals surface area contributed by atoms with Crippen LogP contribution in [0.2, 0.25) is 0 Å². The largest absolute Gasteiger partial charge is 0.497 e. The molecule has 1 spiro atoms. The number of piperidine rings is 1. The predicted molar refractivity (Wildman–Crippen MR) is 112 cm³/mol. The standard InChI is InChI=1S/C23H32N4O/c1-25-15-16-27-21(18-7-9-20(28-2)10-8-18)17-24-22(27)23(25)11-13-26(14-12-23)19-5-3-4-6-19/h7-10,17,19H,3-6,11-16H2,1-2H3. The minimum Gasteiger partial charge on any atom is -0.497 e. The van der Waals surface area contributed by atoms with E-state index in [4.69, 9.17) is 9.72 Å². The Bertz CT molecular complexity index is 814. The Morgan fingerprint density at radius 3 is 2.39 bits per heavy atom. The van der Waals surface area contributed by atoms with Crippen LogP contribution in [0, 0.1) is 0 Å². The molecule has 5 rings (SSSR count). The molecule has 0 bridgehead atoms. The molecule has 5 heteroatoms. The normalized spacial score (nSPS) is 23.2. The van der Waals surface area contributed by atoms with Crippen LogP contribution >= 0.6 is 0 Å². The van der Waals surface area contributed by atoms with Gasteiger partial charge in [0, 0.05) is 37.8 Å². The monoisotopic (exact) mass is 380 g/mol. The van der Waals surface area contributed by atoms with E-state index < -0.39 is 0 Å². The lowest BCUT2D eigenvalue weighted by Gasteiger charge is -2.50. The van der Waals surface area contributed by atoms with Gasteiger partial charge in [-0.3, -0.25) is 4.90 Å². The number of fused-ring (bicyclic) bond motifs is 2. The second kappa shape index (κ2) is 7.20. The lowest BCUT2D eigenvalue weighted by Crippen LogP contribution is -2.57. The van der Waals surface area contributed by atoms with Crippen molar-refractivity contribution in [3.8, 4) is 17.0 Å². The van der Waals surface area contributed by atoms with Crippen molar-refractivity contribution in [1.29, 1.82) is 0 Å². The number of rotatable bonds is 3. The molecular formula is C23H32N4O. The number of methoxy groups -OCH3 is 1. The van der Waals surface area contributed by atoms with Gasteiger partial charge in [0.2, 0.25) is 0 Å². The van der Waals surface area contributed by atoms with E-state index in [0.29, 0.717) is 0 Å². The van der Waals surface area contributed by atoms with E-state index in [2.05, 4.69) is 39.7 Å². The number of hydrogen-bond donors (Lipinski definition) is 0. The quantitative estimate of drug-likeness (QED) is 0.812. The van der Waals surface area contributed by atoms with Crippen LogP contribution in [0.1, 0.15) is 44.3 Å². The first-order valence-electron chi connectivity index (χ1n) is 10.9. The molecular weight excluding hydrogens is 348 g/mol. The number of benzene rings is 1. The van der Waals surface area contributed by atoms with E-state index in [1.807, 2.05) is 12.1 Å². The van der Waals surface area contributed by atoms with Crippen LogP contribution in [-0.2, 0) is 12.1 Å². The summed E-state index contributed by atoms with van der Waals surface area (Å²) in [5.41, 5.74) is 2.56. The van der Waals surface area contributed by atoms with E-state index in [0.717, 1.165) is 24.9 Å². The number of nitrogens with zero attached hydrogens (tertiary/aromatic N) is 4. The SMILES string of the molecule is COc1ccc(-c2cnc3n2CCN(C)C32CCN(C3CCCC3)CC2)cc1. The van der Waals surface area contributed by atoms with Crippen molar-refractivity contribution in [2.75, 3.05) is 33.8 Å². The molecule has 0 radical (unpaired) electrons. The third-order valence-corrected chi connectivity index (χ3v) is 7.51. The zero-order valence-corrected chi connectivity index (χ0v) is 17.2. The maximum atomic E-state index is 5.32. The van der Waals surface area contributed by atoms with Crippen molar-refractivity contribution in [3.63, 3.8) is 0 Å². The fourth-order valence-electron chi connectivity index (χ4n) is 5.73. The van der Waals surface area contributed by atoms with Gasteiger partial charge in [0.25, 0.3) is 0 Å². The smallest absolute Gasteiger partial charge is 0.129 e. The van der Waals surface area contributed by atoms with Crippen LogP contribution < -0.4 is 4.74 Å². The maximum absolute atomic E-state index is 5.32. The zero-order chi connectivity index (χ0) is 19.1. The number of aromatic nitrogens is 2. The van der Waals surface area contributed by atoms with Crippen molar-refractivity contribution in [2.24, 2.45) is 0 Å². The van der Waals surface area contributed by atoms with E-state index >= 15 is 0 Å². The molecule has 150 valence electrons. The highest BCUT2D eigenvalue weighted by Gasteiger charge is 2.46. The van der Waals surface area contributed by atoms with Crippen LogP contribution in [0.25, 0.3) is 11.3 Å². The first-order chi connectivity index (χ1) is 13.7. The van der Waals surface area contributed by atoms with E-state index in [-0.39, 0.29) is 5.54 Å². The average molecular weight is 381 g/mol. The molecule has 28 heavy (non-hydrogen) atoms. The summed E-state index contributed by atoms with van der Waals surface area (Å²) in [6, 6.07) is 9.22. The molecule has 1 saturated carbocycles. The van der Waals surface area contributed by atoms with Gasteiger partial charge in [-0.15, -0.1) is 0 Å². The fraction of sp³-hybridized carbons (Fsp3) is 0.609. The number of ether oxygens (including phenoxy) is 1. The summed E-state index contributed by atoms with van der Waals surface area (Å²) in [5, 5.41) is 0. The summed E-state index contributed by atoms with van der Waals surface area (Å²) in [7, 11) is 4.02. The highest BCUT2D eigenvalue weighted by atomic mass is 16.5. The van der Waals surface area contributed by atoms with Crippen molar-refractivity contribution >= 4 is 0 Å². The average Bonchev–Trinajstić information content (AvgIpc) is 3.42. The Kier molecular flexibility index (Phi) is 4.68. The lowest BCUT2D eigenvalue weighted by molar-refractivity contribution is -0.00220. The van der Waals surface area contributed by atoms with E-state index in [9.17, 15) is 0 Å². The fourth-order valence-corrected chi connectivity index (χ4v) is 5.73. The number of imidazole rings is 1. The molecule has 5 nitrogen and oxygen atoms in total. The van der Waals surface area contributed by atoms with Crippen molar-refractivity contribution < 1.29 is 4.74 Å². The molecule has 2 aromatic rings. The van der Waals surface area contributed by atoms with Crippen LogP contribution in [0.15, 0.2) is 30.5 Å². The Labute approximate surface area is 168 Å². The summed E-state index contributed by atoms with van der Waals surface area (Å²) >= 11 is 0. The van der Waals surface area contributed by atoms with Crippen molar-refractivity contribution in [1.82, 2.24) is 19.4 Å². The molecule has 2 fully saturated rings. The predicted octanol–water partition coefficient (Wildman–Crippen LogP) is 3.74. The summed E-state index contributed by atoms with van der Waals surface area (Å²) in [4.78, 5) is 10.3. The highest BCUT2D eigenvalue weighted by Crippen LogP contribution is 2.42. The summed E-state index contributed by atoms with van der Waals surface area (Å²) in [6.07, 6.45) is 10.1. The van der Waals surface area contributed by atoms with E-state index in [1.54, 1.807) is 7.11 Å². The minimum atomic E-state index is 0.0953. The van der Waals surface area contributed by atoms with Gasteiger partial charge >= 0.3 is 0 Å². The molecule has 1 aromatic carbocycles. The summed E-state index contributed by atoms with van der Waals surface area (Å²) in [5.74, 6) is 2.18. The minimum absolute atomic E-state index is 0.0953. The first-order valence-corrected chi connectivity index (χ1v) is 10.9. The van der Waals surface area contributed by atoms with Crippen molar-refractivity contribution in [2.45, 2.75) is 56.7 Å². The van der Waals surface area contributed by atoms with Gasteiger partial charge < -0.3 is 14.2 Å². The Morgan fingerprint density at radius 2 is 1.71 bits per heavy atom. The molecule has 0 amide bonds. The Morgan fingerprint density at radius 1 is 1.00 bits per heavy atom. The molecule has 0 atom stereocenters. The maximum Gasteiger partial charge on any atom is 0.129 e. The van der Waals surface area contributed by atoms with Crippen LogP contribution in [0.4, 0.5) is 0 Å². The first kappa shape index (κ1) is 18.2. The molecule has 2 aliphatic heterocycles. The molecule has 3 aliphatic rings. The van der Waals surface area contributed by atoms with Gasteiger partial charge in [0.05, 0.1) is 24.5 Å². The lowest BCUT2D eigenvalue weighted by atomic mass is 9.83. The topological polar surface area (TPSA) is 33.5 Å². The van der Waals surface area contributed by atoms with Gasteiger partial charge in [0.15, 0.2) is 0 Å². The Balaban J connectivity index is 1.43. The van der Waals surface area contributed by atoms with Crippen LogP contribution in [0.3, 0.4) is 0 Å². The van der Waals surface area contributed by atoms with Crippen LogP contribution in [-0.4, -0.2) is 59.2 Å². The molecule has 1 aliphatic carbocycles. The van der Waals surface area contributed by atoms with Crippen molar-refractivity contribution in [3.05, 3.63) is 36.3 Å². The highest BCUT2D eigenvalue weighted by molar-refractivity contribution is 5.61. The molecule has 1 saturated heterocycles. The van der Waals surface area contributed by atoms with E-state index in [1.165, 1.54) is 68.7 Å². The molecule has 0 unspecified atom stereocenters. The molecule has 0 N–H and O–H groups in total. The van der Waals surface area contributed by atoms with Crippen LogP contribution in [0.5, 0.6) is 5.75 Å². The third-order valence-electron chi connectivity index (χ3n) is 7.51. The van der Waals surface area contributed by atoms with Gasteiger partial charge in [-0.25, -0.2) is 4.98 Å². The van der Waals surface area contributed by atoms with Gasteiger partial charge in [-0.05, 0) is 57.0 Å². The van der Waals surface area contributed by atoms with Gasteiger partial charge in [-0.2, -0.15) is 0 Å². The number of hydrogen-bond acceptors (Lipinski definition) is 4. The second-order valence-corrected chi connectivity index (χ2v) is 8.77. The summed E-state index contributed by atoms with van der Waals surface area (Å²) in [6.45, 7) is 4.52. The molecule has 1 aromatic heterocycles. The summed E-state index contributed by atoms with van der Waals surface area (Å²) < 4.78 is 7.80. The Hall–Kier alpha value is -1.85. The zero-order valence-electron chi connectivity index (χ0n) is 17.2. The van der Waals surface area contributed by atoms with Gasteiger partial charge in [0.1, 0.15) is 11.6 Å². The second-order valence-electron chi connectivity index (χ2n) is 8.77.